The third kappa shape index (κ3) is 7.91. The number of benzene rings is 2. The summed E-state index contributed by atoms with van der Waals surface area (Å²) in [5, 5.41) is 8.30. The lowest BCUT2D eigenvalue weighted by Gasteiger charge is -2.43. The van der Waals surface area contributed by atoms with Gasteiger partial charge in [-0.15, -0.1) is 0 Å². The minimum atomic E-state index is -0.421. The second-order valence-corrected chi connectivity index (χ2v) is 17.1. The van der Waals surface area contributed by atoms with Crippen LogP contribution in [0.2, 0.25) is 0 Å². The molecule has 50 heavy (non-hydrogen) atoms. The van der Waals surface area contributed by atoms with E-state index in [-0.39, 0.29) is 0 Å². The minimum absolute atomic E-state index is 0.421. The van der Waals surface area contributed by atoms with E-state index in [2.05, 4.69) is 104 Å². The van der Waals surface area contributed by atoms with E-state index in [4.69, 9.17) is 19.7 Å². The summed E-state index contributed by atoms with van der Waals surface area (Å²) in [5.41, 5.74) is 7.51. The van der Waals surface area contributed by atoms with Gasteiger partial charge in [0.2, 0.25) is 5.95 Å². The van der Waals surface area contributed by atoms with Crippen LogP contribution in [-0.2, 0) is 6.42 Å². The van der Waals surface area contributed by atoms with Crippen molar-refractivity contribution < 1.29 is 4.74 Å². The van der Waals surface area contributed by atoms with Gasteiger partial charge in [-0.25, -0.2) is 4.98 Å². The van der Waals surface area contributed by atoms with E-state index in [0.29, 0.717) is 23.7 Å². The van der Waals surface area contributed by atoms with E-state index in [1.54, 1.807) is 13.3 Å². The molecule has 4 aromatic rings. The monoisotopic (exact) mass is 757 g/mol. The molecule has 0 unspecified atom stereocenters. The van der Waals surface area contributed by atoms with Crippen molar-refractivity contribution in [3.63, 3.8) is 0 Å². The molecule has 2 aromatic carbocycles. The largest absolute Gasteiger partial charge is 0.494 e. The number of hydrogen-bond acceptors (Lipinski definition) is 10. The summed E-state index contributed by atoms with van der Waals surface area (Å²) in [5.74, 6) is 2.57. The Kier molecular flexibility index (Phi) is 10.9. The van der Waals surface area contributed by atoms with Crippen molar-refractivity contribution in [2.75, 3.05) is 82.3 Å². The van der Waals surface area contributed by atoms with Gasteiger partial charge in [-0.05, 0) is 97.5 Å². The Morgan fingerprint density at radius 1 is 0.880 bits per heavy atom. The second-order valence-electron chi connectivity index (χ2n) is 14.0. The van der Waals surface area contributed by atoms with E-state index < -0.39 is 7.92 Å². The first-order valence-electron chi connectivity index (χ1n) is 17.9. The quantitative estimate of drug-likeness (QED) is 0.153. The molecular formula is C38H49BrN9OP. The van der Waals surface area contributed by atoms with Gasteiger partial charge < -0.3 is 25.2 Å². The maximum Gasteiger partial charge on any atom is 0.229 e. The highest BCUT2D eigenvalue weighted by molar-refractivity contribution is 9.10. The fourth-order valence-corrected chi connectivity index (χ4v) is 8.42. The zero-order valence-electron chi connectivity index (χ0n) is 29.9. The molecule has 2 aromatic heterocycles. The summed E-state index contributed by atoms with van der Waals surface area (Å²) < 4.78 is 6.73. The SMILES string of the molecule is CCc1cc(Nc2ncc(Br)c(Nc3ccc(-c4cnc(C5CC5)cn4)cc3P(C)C)n2)c(OC)cc1N1CCC(N2CCN(C)CC2)CC1. The molecule has 1 saturated carbocycles. The number of piperazine rings is 1. The first-order chi connectivity index (χ1) is 24.3. The molecule has 10 nitrogen and oxygen atoms in total. The molecule has 3 aliphatic rings. The lowest BCUT2D eigenvalue weighted by molar-refractivity contribution is 0.0982. The van der Waals surface area contributed by atoms with Gasteiger partial charge in [0.05, 0.1) is 34.9 Å². The smallest absolute Gasteiger partial charge is 0.229 e. The first kappa shape index (κ1) is 35.1. The Balaban J connectivity index is 1.07. The number of nitrogens with zero attached hydrogens (tertiary/aromatic N) is 7. The number of halogens is 1. The van der Waals surface area contributed by atoms with Crippen molar-refractivity contribution in [2.24, 2.45) is 0 Å². The molecule has 7 rings (SSSR count). The van der Waals surface area contributed by atoms with Gasteiger partial charge >= 0.3 is 0 Å². The molecule has 12 heteroatoms. The van der Waals surface area contributed by atoms with Crippen LogP contribution in [-0.4, -0.2) is 103 Å². The zero-order chi connectivity index (χ0) is 34.8. The third-order valence-electron chi connectivity index (χ3n) is 10.3. The average molecular weight is 759 g/mol. The number of aromatic nitrogens is 4. The van der Waals surface area contributed by atoms with Gasteiger partial charge in [0.1, 0.15) is 11.6 Å². The number of piperidine rings is 1. The van der Waals surface area contributed by atoms with Crippen molar-refractivity contribution in [2.45, 2.75) is 51.0 Å². The number of anilines is 5. The predicted octanol–water partition coefficient (Wildman–Crippen LogP) is 7.21. The highest BCUT2D eigenvalue weighted by Gasteiger charge is 2.28. The van der Waals surface area contributed by atoms with Crippen LogP contribution < -0.4 is 25.6 Å². The van der Waals surface area contributed by atoms with Crippen LogP contribution >= 0.6 is 23.9 Å². The lowest BCUT2D eigenvalue weighted by Crippen LogP contribution is -2.52. The van der Waals surface area contributed by atoms with Gasteiger partial charge in [-0.1, -0.05) is 20.9 Å². The second kappa shape index (κ2) is 15.5. The summed E-state index contributed by atoms with van der Waals surface area (Å²) in [4.78, 5) is 26.6. The van der Waals surface area contributed by atoms with Crippen LogP contribution in [0.4, 0.5) is 28.8 Å². The molecule has 0 bridgehead atoms. The van der Waals surface area contributed by atoms with Crippen LogP contribution in [0.3, 0.4) is 0 Å². The molecule has 2 aliphatic heterocycles. The Hall–Kier alpha value is -3.37. The summed E-state index contributed by atoms with van der Waals surface area (Å²) in [6.45, 7) is 13.6. The van der Waals surface area contributed by atoms with Crippen molar-refractivity contribution in [3.05, 3.63) is 64.7 Å². The zero-order valence-corrected chi connectivity index (χ0v) is 32.4. The van der Waals surface area contributed by atoms with Crippen molar-refractivity contribution in [1.82, 2.24) is 29.7 Å². The third-order valence-corrected chi connectivity index (χ3v) is 12.2. The molecule has 4 heterocycles. The van der Waals surface area contributed by atoms with Crippen LogP contribution in [0.15, 0.2) is 53.4 Å². The average Bonchev–Trinajstić information content (AvgIpc) is 3.99. The fraction of sp³-hybridized carbons (Fsp3) is 0.474. The minimum Gasteiger partial charge on any atom is -0.494 e. The molecule has 0 amide bonds. The lowest BCUT2D eigenvalue weighted by atomic mass is 9.99. The molecule has 0 spiro atoms. The Morgan fingerprint density at radius 3 is 2.32 bits per heavy atom. The van der Waals surface area contributed by atoms with Gasteiger partial charge in [0.25, 0.3) is 0 Å². The van der Waals surface area contributed by atoms with Crippen LogP contribution in [0.5, 0.6) is 5.75 Å². The predicted molar refractivity (Wildman–Crippen MR) is 211 cm³/mol. The maximum atomic E-state index is 5.95. The number of nitrogens with one attached hydrogen (secondary N) is 2. The van der Waals surface area contributed by atoms with Gasteiger partial charge in [0, 0.05) is 86.6 Å². The van der Waals surface area contributed by atoms with E-state index in [1.807, 2.05) is 12.4 Å². The van der Waals surface area contributed by atoms with Gasteiger partial charge in [-0.3, -0.25) is 14.9 Å². The molecule has 0 atom stereocenters. The van der Waals surface area contributed by atoms with E-state index in [0.717, 1.165) is 58.1 Å². The molecular weight excluding hydrogens is 709 g/mol. The van der Waals surface area contributed by atoms with Crippen LogP contribution in [0, 0.1) is 0 Å². The molecule has 0 radical (unpaired) electrons. The van der Waals surface area contributed by atoms with Gasteiger partial charge in [-0.2, -0.15) is 4.98 Å². The number of aryl methyl sites for hydroxylation is 1. The molecule has 264 valence electrons. The normalized spacial score (nSPS) is 17.7. The number of likely N-dealkylation sites (N-methyl/N-ethyl adjacent to an activating group) is 1. The Bertz CT molecular complexity index is 1790. The van der Waals surface area contributed by atoms with Crippen molar-refractivity contribution >= 4 is 58.0 Å². The highest BCUT2D eigenvalue weighted by atomic mass is 79.9. The van der Waals surface area contributed by atoms with E-state index >= 15 is 0 Å². The molecule has 1 aliphatic carbocycles. The Labute approximate surface area is 306 Å². The molecule has 2 saturated heterocycles. The molecule has 2 N–H and O–H groups in total. The Morgan fingerprint density at radius 2 is 1.66 bits per heavy atom. The van der Waals surface area contributed by atoms with E-state index in [9.17, 15) is 0 Å². The van der Waals surface area contributed by atoms with Crippen molar-refractivity contribution in [1.29, 1.82) is 0 Å². The number of methoxy groups -OCH3 is 1. The van der Waals surface area contributed by atoms with E-state index in [1.165, 1.54) is 68.4 Å². The maximum absolute atomic E-state index is 5.95. The van der Waals surface area contributed by atoms with Crippen molar-refractivity contribution in [3.8, 4) is 17.0 Å². The molecule has 3 fully saturated rings. The van der Waals surface area contributed by atoms with Crippen LogP contribution in [0.1, 0.15) is 49.8 Å². The summed E-state index contributed by atoms with van der Waals surface area (Å²) in [7, 11) is 3.54. The first-order valence-corrected chi connectivity index (χ1v) is 20.9. The number of ether oxygens (including phenoxy) is 1. The highest BCUT2D eigenvalue weighted by Crippen LogP contribution is 2.40. The summed E-state index contributed by atoms with van der Waals surface area (Å²) in [6.07, 6.45) is 11.4. The standard InChI is InChI=1S/C38H49BrN9OP/c1-6-25-19-31(35(49-3)21-34(25)48-13-11-28(12-14-48)47-17-15-46(2)16-18-47)44-38-42-22-29(39)37(45-38)43-30-10-9-27(20-36(30)50(4)5)33-24-40-32(23-41-33)26-7-8-26/h9-10,19-24,26,28H,6-8,11-18H2,1-5H3,(H2,42,43,44,45). The summed E-state index contributed by atoms with van der Waals surface area (Å²) in [6, 6.07) is 11.5. The summed E-state index contributed by atoms with van der Waals surface area (Å²) >= 11 is 3.68. The topological polar surface area (TPSA) is 94.6 Å². The number of hydrogen-bond donors (Lipinski definition) is 2. The van der Waals surface area contributed by atoms with Gasteiger partial charge in [0.15, 0.2) is 0 Å². The number of rotatable bonds is 11. The fourth-order valence-electron chi connectivity index (χ4n) is 7.12. The van der Waals surface area contributed by atoms with Crippen LogP contribution in [0.25, 0.3) is 11.3 Å².